The minimum Gasteiger partial charge on any atom is -0.399 e. The van der Waals surface area contributed by atoms with Crippen molar-refractivity contribution in [3.8, 4) is 6.07 Å². The van der Waals surface area contributed by atoms with Gasteiger partial charge in [-0.1, -0.05) is 0 Å². The molecule has 1 amide bonds. The van der Waals surface area contributed by atoms with Crippen molar-refractivity contribution >= 4 is 17.3 Å². The van der Waals surface area contributed by atoms with E-state index in [2.05, 4.69) is 5.32 Å². The van der Waals surface area contributed by atoms with Crippen LogP contribution in [0.1, 0.15) is 5.69 Å². The summed E-state index contributed by atoms with van der Waals surface area (Å²) in [7, 11) is 0. The van der Waals surface area contributed by atoms with E-state index >= 15 is 0 Å². The van der Waals surface area contributed by atoms with E-state index in [1.165, 1.54) is 22.8 Å². The fourth-order valence-corrected chi connectivity index (χ4v) is 1.64. The summed E-state index contributed by atoms with van der Waals surface area (Å²) >= 11 is 0. The van der Waals surface area contributed by atoms with E-state index in [9.17, 15) is 9.18 Å². The number of carbonyl (C=O) groups is 1. The van der Waals surface area contributed by atoms with Crippen LogP contribution < -0.4 is 11.1 Å². The number of aromatic nitrogens is 1. The van der Waals surface area contributed by atoms with Crippen molar-refractivity contribution in [2.75, 3.05) is 11.1 Å². The Bertz CT molecular complexity index is 657. The van der Waals surface area contributed by atoms with E-state index < -0.39 is 11.7 Å². The molecular weight excluding hydrogens is 247 g/mol. The number of halogens is 1. The Hall–Kier alpha value is -2.81. The van der Waals surface area contributed by atoms with Crippen LogP contribution in [0.15, 0.2) is 36.5 Å². The van der Waals surface area contributed by atoms with Crippen molar-refractivity contribution in [1.82, 2.24) is 4.57 Å². The molecule has 0 bridgehead atoms. The highest BCUT2D eigenvalue weighted by Gasteiger charge is 2.09. The maximum Gasteiger partial charge on any atom is 0.244 e. The number of benzene rings is 1. The van der Waals surface area contributed by atoms with Gasteiger partial charge < -0.3 is 15.6 Å². The monoisotopic (exact) mass is 258 g/mol. The zero-order valence-corrected chi connectivity index (χ0v) is 9.93. The summed E-state index contributed by atoms with van der Waals surface area (Å²) in [6.07, 6.45) is 1.61. The second-order valence-electron chi connectivity index (χ2n) is 3.92. The molecule has 2 aromatic rings. The van der Waals surface area contributed by atoms with E-state index in [1.807, 2.05) is 6.07 Å². The number of anilines is 2. The molecule has 3 N–H and O–H groups in total. The van der Waals surface area contributed by atoms with Gasteiger partial charge in [-0.25, -0.2) is 4.39 Å². The molecule has 1 heterocycles. The Morgan fingerprint density at radius 2 is 2.26 bits per heavy atom. The van der Waals surface area contributed by atoms with Crippen molar-refractivity contribution in [1.29, 1.82) is 5.26 Å². The van der Waals surface area contributed by atoms with E-state index in [1.54, 1.807) is 18.3 Å². The first kappa shape index (κ1) is 12.6. The maximum absolute atomic E-state index is 13.4. The van der Waals surface area contributed by atoms with Crippen LogP contribution in [0.4, 0.5) is 15.8 Å². The fraction of sp³-hybridized carbons (Fsp3) is 0.0769. The van der Waals surface area contributed by atoms with Gasteiger partial charge in [0, 0.05) is 11.9 Å². The Kier molecular flexibility index (Phi) is 3.48. The molecule has 0 saturated heterocycles. The Morgan fingerprint density at radius 1 is 1.47 bits per heavy atom. The number of nitrogen functional groups attached to an aromatic ring is 1. The number of hydrogen-bond acceptors (Lipinski definition) is 3. The molecule has 1 aromatic carbocycles. The van der Waals surface area contributed by atoms with Gasteiger partial charge in [-0.15, -0.1) is 0 Å². The highest BCUT2D eigenvalue weighted by atomic mass is 19.1. The standard InChI is InChI=1S/C13H11FN4O/c14-11-4-3-9(16)6-12(11)17-13(19)8-18-5-1-2-10(18)7-15/h1-6H,8,16H2,(H,17,19). The molecule has 6 heteroatoms. The van der Waals surface area contributed by atoms with Gasteiger partial charge in [-0.2, -0.15) is 5.26 Å². The number of nitriles is 1. The zero-order chi connectivity index (χ0) is 13.8. The zero-order valence-electron chi connectivity index (χ0n) is 9.93. The summed E-state index contributed by atoms with van der Waals surface area (Å²) in [6.45, 7) is -0.0653. The number of amides is 1. The van der Waals surface area contributed by atoms with Crippen LogP contribution in [0.2, 0.25) is 0 Å². The summed E-state index contributed by atoms with van der Waals surface area (Å²) in [5.41, 5.74) is 6.26. The molecular formula is C13H11FN4O. The molecule has 19 heavy (non-hydrogen) atoms. The largest absolute Gasteiger partial charge is 0.399 e. The van der Waals surface area contributed by atoms with Crippen LogP contribution in [0, 0.1) is 17.1 Å². The molecule has 1 aromatic heterocycles. The summed E-state index contributed by atoms with van der Waals surface area (Å²) in [5.74, 6) is -0.993. The fourth-order valence-electron chi connectivity index (χ4n) is 1.64. The van der Waals surface area contributed by atoms with Gasteiger partial charge in [-0.05, 0) is 30.3 Å². The molecule has 2 rings (SSSR count). The topological polar surface area (TPSA) is 83.8 Å². The number of hydrogen-bond donors (Lipinski definition) is 2. The van der Waals surface area contributed by atoms with Crippen LogP contribution in [-0.4, -0.2) is 10.5 Å². The average Bonchev–Trinajstić information content (AvgIpc) is 2.81. The van der Waals surface area contributed by atoms with E-state index in [4.69, 9.17) is 11.0 Å². The van der Waals surface area contributed by atoms with Gasteiger partial charge in [0.1, 0.15) is 24.1 Å². The second-order valence-corrected chi connectivity index (χ2v) is 3.92. The highest BCUT2D eigenvalue weighted by Crippen LogP contribution is 2.17. The molecule has 96 valence electrons. The van der Waals surface area contributed by atoms with E-state index in [0.29, 0.717) is 11.4 Å². The Balaban J connectivity index is 2.10. The van der Waals surface area contributed by atoms with Crippen molar-refractivity contribution in [3.63, 3.8) is 0 Å². The first-order valence-corrected chi connectivity index (χ1v) is 5.50. The lowest BCUT2D eigenvalue weighted by Gasteiger charge is -2.08. The van der Waals surface area contributed by atoms with Crippen LogP contribution in [0.5, 0.6) is 0 Å². The van der Waals surface area contributed by atoms with E-state index in [-0.39, 0.29) is 12.2 Å². The van der Waals surface area contributed by atoms with Gasteiger partial charge in [0.2, 0.25) is 5.91 Å². The molecule has 5 nitrogen and oxygen atoms in total. The Labute approximate surface area is 109 Å². The summed E-state index contributed by atoms with van der Waals surface area (Å²) < 4.78 is 14.9. The first-order chi connectivity index (χ1) is 9.10. The van der Waals surface area contributed by atoms with Crippen LogP contribution in [-0.2, 0) is 11.3 Å². The first-order valence-electron chi connectivity index (χ1n) is 5.50. The van der Waals surface area contributed by atoms with Crippen molar-refractivity contribution < 1.29 is 9.18 Å². The van der Waals surface area contributed by atoms with Gasteiger partial charge in [0.15, 0.2) is 0 Å². The lowest BCUT2D eigenvalue weighted by molar-refractivity contribution is -0.116. The number of nitrogens with zero attached hydrogens (tertiary/aromatic N) is 2. The lowest BCUT2D eigenvalue weighted by Crippen LogP contribution is -2.19. The van der Waals surface area contributed by atoms with Crippen molar-refractivity contribution in [3.05, 3.63) is 48.0 Å². The quantitative estimate of drug-likeness (QED) is 0.822. The third kappa shape index (κ3) is 2.90. The number of nitrogens with one attached hydrogen (secondary N) is 1. The number of carbonyl (C=O) groups excluding carboxylic acids is 1. The number of nitrogens with two attached hydrogens (primary N) is 1. The second kappa shape index (κ2) is 5.23. The molecule has 0 aliphatic carbocycles. The number of rotatable bonds is 3. The molecule has 0 aliphatic rings. The third-order valence-electron chi connectivity index (χ3n) is 2.52. The summed E-state index contributed by atoms with van der Waals surface area (Å²) in [4.78, 5) is 11.8. The minimum atomic E-state index is -0.560. The molecule has 0 radical (unpaired) electrons. The van der Waals surface area contributed by atoms with Crippen LogP contribution in [0.3, 0.4) is 0 Å². The van der Waals surface area contributed by atoms with Crippen LogP contribution >= 0.6 is 0 Å². The predicted octanol–water partition coefficient (Wildman–Crippen LogP) is 1.72. The van der Waals surface area contributed by atoms with Gasteiger partial charge in [-0.3, -0.25) is 4.79 Å². The molecule has 0 unspecified atom stereocenters. The van der Waals surface area contributed by atoms with Crippen LogP contribution in [0.25, 0.3) is 0 Å². The SMILES string of the molecule is N#Cc1cccn1CC(=O)Nc1cc(N)ccc1F. The predicted molar refractivity (Wildman–Crippen MR) is 68.6 cm³/mol. The summed E-state index contributed by atoms with van der Waals surface area (Å²) in [6, 6.07) is 9.14. The molecule has 0 saturated carbocycles. The van der Waals surface area contributed by atoms with Crippen molar-refractivity contribution in [2.45, 2.75) is 6.54 Å². The minimum absolute atomic E-state index is 0.0238. The van der Waals surface area contributed by atoms with Gasteiger partial charge in [0.05, 0.1) is 5.69 Å². The van der Waals surface area contributed by atoms with Gasteiger partial charge in [0.25, 0.3) is 0 Å². The average molecular weight is 258 g/mol. The normalized spacial score (nSPS) is 9.89. The van der Waals surface area contributed by atoms with E-state index in [0.717, 1.165) is 0 Å². The maximum atomic E-state index is 13.4. The molecule has 0 spiro atoms. The Morgan fingerprint density at radius 3 is 3.00 bits per heavy atom. The summed E-state index contributed by atoms with van der Waals surface area (Å²) in [5, 5.41) is 11.2. The molecule has 0 fully saturated rings. The third-order valence-corrected chi connectivity index (χ3v) is 2.52. The van der Waals surface area contributed by atoms with Crippen molar-refractivity contribution in [2.24, 2.45) is 0 Å². The highest BCUT2D eigenvalue weighted by molar-refractivity contribution is 5.91. The lowest BCUT2D eigenvalue weighted by atomic mass is 10.2. The molecule has 0 atom stereocenters. The van der Waals surface area contributed by atoms with Gasteiger partial charge >= 0.3 is 0 Å². The molecule has 0 aliphatic heterocycles. The smallest absolute Gasteiger partial charge is 0.244 e.